The molecule has 0 amide bonds. The lowest BCUT2D eigenvalue weighted by Crippen LogP contribution is -2.32. The largest absolute Gasteiger partial charge is 0.466 e. The minimum atomic E-state index is -0.866. The summed E-state index contributed by atoms with van der Waals surface area (Å²) < 4.78 is 10.1. The molecule has 0 saturated heterocycles. The topological polar surface area (TPSA) is 111 Å². The van der Waals surface area contributed by atoms with Crippen molar-refractivity contribution in [1.29, 1.82) is 0 Å². The van der Waals surface area contributed by atoms with Gasteiger partial charge in [0.25, 0.3) is 5.69 Å². The molecule has 0 saturated carbocycles. The number of benzene rings is 1. The Labute approximate surface area is 211 Å². The predicted octanol–water partition coefficient (Wildman–Crippen LogP) is 4.39. The first-order valence-electron chi connectivity index (χ1n) is 11.7. The van der Waals surface area contributed by atoms with E-state index < -0.39 is 22.8 Å². The van der Waals surface area contributed by atoms with E-state index in [1.165, 1.54) is 26.4 Å². The number of ether oxygens (including phenoxy) is 2. The third-order valence-corrected chi connectivity index (χ3v) is 7.28. The van der Waals surface area contributed by atoms with E-state index in [0.29, 0.717) is 17.0 Å². The summed E-state index contributed by atoms with van der Waals surface area (Å²) in [5, 5.41) is 14.7. The summed E-state index contributed by atoms with van der Waals surface area (Å²) in [6, 6.07) is 4.59. The van der Waals surface area contributed by atoms with Crippen LogP contribution >= 0.6 is 11.8 Å². The number of nitrogens with one attached hydrogen (secondary N) is 1. The van der Waals surface area contributed by atoms with E-state index in [-0.39, 0.29) is 16.8 Å². The first kappa shape index (κ1) is 28.4. The highest BCUT2D eigenvalue weighted by Gasteiger charge is 2.39. The van der Waals surface area contributed by atoms with Crippen molar-refractivity contribution in [2.75, 3.05) is 39.6 Å². The van der Waals surface area contributed by atoms with E-state index in [1.54, 1.807) is 31.7 Å². The third-order valence-electron chi connectivity index (χ3n) is 6.11. The zero-order chi connectivity index (χ0) is 26.1. The van der Waals surface area contributed by atoms with Gasteiger partial charge in [0, 0.05) is 28.4 Å². The number of nitro groups is 1. The molecular formula is C25H35N3O6S. The van der Waals surface area contributed by atoms with Gasteiger partial charge in [0.2, 0.25) is 0 Å². The lowest BCUT2D eigenvalue weighted by atomic mass is 9.80. The number of non-ortho nitro benzene ring substituents is 1. The molecule has 0 aliphatic carbocycles. The van der Waals surface area contributed by atoms with Crippen molar-refractivity contribution in [1.82, 2.24) is 10.2 Å². The average molecular weight is 506 g/mol. The van der Waals surface area contributed by atoms with Gasteiger partial charge in [-0.1, -0.05) is 13.8 Å². The number of methoxy groups -OCH3 is 2. The number of hydrogen-bond acceptors (Lipinski definition) is 9. The molecule has 0 aromatic heterocycles. The summed E-state index contributed by atoms with van der Waals surface area (Å²) >= 11 is 1.56. The molecule has 2 rings (SSSR count). The Kier molecular flexibility index (Phi) is 10.8. The van der Waals surface area contributed by atoms with Gasteiger partial charge >= 0.3 is 11.9 Å². The highest BCUT2D eigenvalue weighted by molar-refractivity contribution is 7.99. The molecule has 10 heteroatoms. The zero-order valence-electron chi connectivity index (χ0n) is 21.3. The number of allylic oxidation sites excluding steroid dienone is 2. The van der Waals surface area contributed by atoms with E-state index in [4.69, 9.17) is 9.47 Å². The monoisotopic (exact) mass is 505 g/mol. The van der Waals surface area contributed by atoms with Gasteiger partial charge in [-0.3, -0.25) is 10.1 Å². The molecule has 0 unspecified atom stereocenters. The second kappa shape index (κ2) is 13.3. The number of thioether (sulfide) groups is 1. The standard InChI is InChI=1S/C25H35N3O6S/c1-7-27(8-2)13-9-10-14-35-20-12-11-18(28(31)32)15-19(20)23-21(24(29)33-5)16(3)26-17(4)22(23)25(30)34-6/h11-12,15,23,26H,7-10,13-14H2,1-6H3. The number of dihydropyridines is 1. The first-order valence-corrected chi connectivity index (χ1v) is 12.7. The maximum atomic E-state index is 12.8. The Bertz CT molecular complexity index is 978. The molecule has 192 valence electrons. The van der Waals surface area contributed by atoms with Gasteiger partial charge in [-0.15, -0.1) is 11.8 Å². The molecule has 0 radical (unpaired) electrons. The normalized spacial score (nSPS) is 14.3. The number of esters is 2. The molecule has 1 N–H and O–H groups in total. The Hall–Kier alpha value is -2.85. The van der Waals surface area contributed by atoms with Gasteiger partial charge in [-0.2, -0.15) is 0 Å². The number of rotatable bonds is 12. The molecule has 1 aliphatic heterocycles. The smallest absolute Gasteiger partial charge is 0.336 e. The predicted molar refractivity (Wildman–Crippen MR) is 136 cm³/mol. The van der Waals surface area contributed by atoms with Gasteiger partial charge in [0.15, 0.2) is 0 Å². The molecule has 0 atom stereocenters. The van der Waals surface area contributed by atoms with E-state index in [9.17, 15) is 19.7 Å². The van der Waals surface area contributed by atoms with Crippen LogP contribution in [0, 0.1) is 10.1 Å². The maximum absolute atomic E-state index is 12.8. The lowest BCUT2D eigenvalue weighted by molar-refractivity contribution is -0.385. The van der Waals surface area contributed by atoms with Crippen molar-refractivity contribution in [3.63, 3.8) is 0 Å². The van der Waals surface area contributed by atoms with Crippen molar-refractivity contribution < 1.29 is 24.0 Å². The van der Waals surface area contributed by atoms with E-state index in [0.717, 1.165) is 43.1 Å². The Morgan fingerprint density at radius 1 is 1.06 bits per heavy atom. The lowest BCUT2D eigenvalue weighted by Gasteiger charge is -2.31. The third kappa shape index (κ3) is 6.85. The van der Waals surface area contributed by atoms with Crippen molar-refractivity contribution in [2.24, 2.45) is 0 Å². The number of unbranched alkanes of at least 4 members (excludes halogenated alkanes) is 1. The summed E-state index contributed by atoms with van der Waals surface area (Å²) in [5.74, 6) is -1.30. The molecule has 1 heterocycles. The van der Waals surface area contributed by atoms with Gasteiger partial charge < -0.3 is 19.7 Å². The maximum Gasteiger partial charge on any atom is 0.336 e. The molecular weight excluding hydrogens is 470 g/mol. The van der Waals surface area contributed by atoms with Crippen LogP contribution in [0.3, 0.4) is 0 Å². The molecule has 35 heavy (non-hydrogen) atoms. The second-order valence-electron chi connectivity index (χ2n) is 8.18. The summed E-state index contributed by atoms with van der Waals surface area (Å²) in [6.07, 6.45) is 1.99. The van der Waals surface area contributed by atoms with Gasteiger partial charge in [0.1, 0.15) is 0 Å². The number of nitrogens with zero attached hydrogens (tertiary/aromatic N) is 2. The SMILES string of the molecule is CCN(CC)CCCCSc1ccc([N+](=O)[O-])cc1C1C(C(=O)OC)=C(C)NC(C)=C1C(=O)OC. The average Bonchev–Trinajstić information content (AvgIpc) is 2.84. The Morgan fingerprint density at radius 2 is 1.63 bits per heavy atom. The number of nitro benzene ring substituents is 1. The molecule has 1 aromatic carbocycles. The fourth-order valence-electron chi connectivity index (χ4n) is 4.23. The van der Waals surface area contributed by atoms with Crippen LogP contribution in [-0.2, 0) is 19.1 Å². The highest BCUT2D eigenvalue weighted by atomic mass is 32.2. The summed E-state index contributed by atoms with van der Waals surface area (Å²) in [4.78, 5) is 39.9. The number of hydrogen-bond donors (Lipinski definition) is 1. The van der Waals surface area contributed by atoms with Gasteiger partial charge in [-0.25, -0.2) is 9.59 Å². The molecule has 1 aromatic rings. The number of carbonyl (C=O) groups excluding carboxylic acids is 2. The zero-order valence-corrected chi connectivity index (χ0v) is 22.1. The number of carbonyl (C=O) groups is 2. The van der Waals surface area contributed by atoms with Crippen LogP contribution in [-0.4, -0.2) is 61.4 Å². The summed E-state index contributed by atoms with van der Waals surface area (Å²) in [6.45, 7) is 10.7. The van der Waals surface area contributed by atoms with Gasteiger partial charge in [-0.05, 0) is 63.7 Å². The summed E-state index contributed by atoms with van der Waals surface area (Å²) in [5.41, 5.74) is 1.88. The second-order valence-corrected chi connectivity index (χ2v) is 9.32. The van der Waals surface area contributed by atoms with Gasteiger partial charge in [0.05, 0.1) is 36.2 Å². The Morgan fingerprint density at radius 3 is 2.11 bits per heavy atom. The van der Waals surface area contributed by atoms with Crippen LogP contribution in [0.2, 0.25) is 0 Å². The van der Waals surface area contributed by atoms with Crippen LogP contribution in [0.1, 0.15) is 52.0 Å². The van der Waals surface area contributed by atoms with Crippen molar-refractivity contribution >= 4 is 29.4 Å². The van der Waals surface area contributed by atoms with Crippen LogP contribution < -0.4 is 5.32 Å². The van der Waals surface area contributed by atoms with Crippen LogP contribution in [0.25, 0.3) is 0 Å². The van der Waals surface area contributed by atoms with E-state index >= 15 is 0 Å². The van der Waals surface area contributed by atoms with Crippen molar-refractivity contribution in [3.8, 4) is 0 Å². The first-order chi connectivity index (χ1) is 16.7. The fourth-order valence-corrected chi connectivity index (χ4v) is 5.31. The van der Waals surface area contributed by atoms with Crippen molar-refractivity contribution in [2.45, 2.75) is 51.3 Å². The van der Waals surface area contributed by atoms with Crippen LogP contribution in [0.5, 0.6) is 0 Å². The molecule has 0 fully saturated rings. The fraction of sp³-hybridized carbons (Fsp3) is 0.520. The summed E-state index contributed by atoms with van der Waals surface area (Å²) in [7, 11) is 2.53. The highest BCUT2D eigenvalue weighted by Crippen LogP contribution is 2.44. The molecule has 0 bridgehead atoms. The Balaban J connectivity index is 2.52. The minimum absolute atomic E-state index is 0.117. The molecule has 1 aliphatic rings. The van der Waals surface area contributed by atoms with Crippen molar-refractivity contribution in [3.05, 3.63) is 56.4 Å². The van der Waals surface area contributed by atoms with Crippen LogP contribution in [0.15, 0.2) is 45.6 Å². The van der Waals surface area contributed by atoms with Crippen LogP contribution in [0.4, 0.5) is 5.69 Å². The van der Waals surface area contributed by atoms with E-state index in [2.05, 4.69) is 24.1 Å². The van der Waals surface area contributed by atoms with E-state index in [1.807, 2.05) is 0 Å². The molecule has 0 spiro atoms. The quantitative estimate of drug-likeness (QED) is 0.145. The molecule has 9 nitrogen and oxygen atoms in total. The minimum Gasteiger partial charge on any atom is -0.466 e.